The maximum absolute atomic E-state index is 5.44. The molecular weight excluding hydrogens is 266 g/mol. The average Bonchev–Trinajstić information content (AvgIpc) is 3.03. The zero-order valence-corrected chi connectivity index (χ0v) is 12.9. The van der Waals surface area contributed by atoms with Gasteiger partial charge in [0.1, 0.15) is 5.76 Å². The summed E-state index contributed by atoms with van der Waals surface area (Å²) in [6.07, 6.45) is 3.69. The first-order chi connectivity index (χ1) is 10.2. The fraction of sp³-hybridized carbons (Fsp3) is 0.412. The van der Waals surface area contributed by atoms with Crippen LogP contribution >= 0.6 is 0 Å². The van der Waals surface area contributed by atoms with Gasteiger partial charge in [0.05, 0.1) is 20.5 Å². The van der Waals surface area contributed by atoms with Gasteiger partial charge in [0.15, 0.2) is 11.5 Å². The van der Waals surface area contributed by atoms with Crippen molar-refractivity contribution in [3.05, 3.63) is 47.9 Å². The molecular formula is C17H23NO3. The van der Waals surface area contributed by atoms with Gasteiger partial charge in [0.2, 0.25) is 0 Å². The van der Waals surface area contributed by atoms with Crippen LogP contribution in [0.2, 0.25) is 0 Å². The normalized spacial score (nSPS) is 12.1. The summed E-state index contributed by atoms with van der Waals surface area (Å²) in [6.45, 7) is 2.93. The highest BCUT2D eigenvalue weighted by Gasteiger charge is 2.10. The van der Waals surface area contributed by atoms with Crippen LogP contribution in [0.1, 0.15) is 24.7 Å². The highest BCUT2D eigenvalue weighted by atomic mass is 16.5. The molecule has 1 heterocycles. The molecule has 0 radical (unpaired) electrons. The Kier molecular flexibility index (Phi) is 5.69. The number of benzene rings is 1. The molecule has 0 saturated carbocycles. The number of aryl methyl sites for hydroxylation is 1. The molecule has 2 aromatic rings. The summed E-state index contributed by atoms with van der Waals surface area (Å²) in [4.78, 5) is 0. The van der Waals surface area contributed by atoms with Crippen molar-refractivity contribution < 1.29 is 13.9 Å². The fourth-order valence-electron chi connectivity index (χ4n) is 2.29. The first-order valence-electron chi connectivity index (χ1n) is 7.20. The first kappa shape index (κ1) is 15.4. The summed E-state index contributed by atoms with van der Waals surface area (Å²) >= 11 is 0. The first-order valence-corrected chi connectivity index (χ1v) is 7.20. The van der Waals surface area contributed by atoms with E-state index in [-0.39, 0.29) is 0 Å². The van der Waals surface area contributed by atoms with Gasteiger partial charge in [-0.25, -0.2) is 0 Å². The van der Waals surface area contributed by atoms with E-state index in [9.17, 15) is 0 Å². The van der Waals surface area contributed by atoms with Gasteiger partial charge >= 0.3 is 0 Å². The second-order valence-electron chi connectivity index (χ2n) is 5.05. The molecule has 0 aliphatic carbocycles. The van der Waals surface area contributed by atoms with Crippen LogP contribution in [-0.4, -0.2) is 20.3 Å². The molecule has 1 N–H and O–H groups in total. The lowest BCUT2D eigenvalue weighted by Gasteiger charge is -2.16. The Morgan fingerprint density at radius 2 is 2.00 bits per heavy atom. The van der Waals surface area contributed by atoms with Crippen molar-refractivity contribution in [3.8, 4) is 11.5 Å². The molecule has 2 rings (SSSR count). The van der Waals surface area contributed by atoms with Crippen LogP contribution in [0, 0.1) is 0 Å². The van der Waals surface area contributed by atoms with Crippen LogP contribution in [0.4, 0.5) is 0 Å². The number of hydrogen-bond acceptors (Lipinski definition) is 4. The third-order valence-electron chi connectivity index (χ3n) is 3.53. The number of para-hydroxylation sites is 1. The van der Waals surface area contributed by atoms with Crippen LogP contribution in [0.15, 0.2) is 41.0 Å². The van der Waals surface area contributed by atoms with Gasteiger partial charge in [-0.2, -0.15) is 0 Å². The Balaban J connectivity index is 1.87. The number of methoxy groups -OCH3 is 2. The van der Waals surface area contributed by atoms with E-state index in [1.54, 1.807) is 20.5 Å². The van der Waals surface area contributed by atoms with E-state index in [0.717, 1.165) is 42.2 Å². The van der Waals surface area contributed by atoms with Crippen molar-refractivity contribution in [1.29, 1.82) is 0 Å². The Labute approximate surface area is 126 Å². The van der Waals surface area contributed by atoms with E-state index in [1.807, 2.05) is 30.3 Å². The van der Waals surface area contributed by atoms with E-state index in [1.165, 1.54) is 0 Å². The van der Waals surface area contributed by atoms with Crippen molar-refractivity contribution in [2.24, 2.45) is 0 Å². The molecule has 0 bridgehead atoms. The summed E-state index contributed by atoms with van der Waals surface area (Å²) in [7, 11) is 3.32. The van der Waals surface area contributed by atoms with Crippen LogP contribution in [0.3, 0.4) is 0 Å². The van der Waals surface area contributed by atoms with Crippen LogP contribution in [0.25, 0.3) is 0 Å². The van der Waals surface area contributed by atoms with Crippen LogP contribution in [-0.2, 0) is 13.0 Å². The van der Waals surface area contributed by atoms with E-state index >= 15 is 0 Å². The SMILES string of the molecule is COc1cccc(CNC(C)CCc2ccco2)c1OC. The Hall–Kier alpha value is -1.94. The molecule has 0 fully saturated rings. The molecule has 1 unspecified atom stereocenters. The molecule has 1 aromatic heterocycles. The Bertz CT molecular complexity index is 537. The molecule has 4 heteroatoms. The Morgan fingerprint density at radius 1 is 1.14 bits per heavy atom. The minimum Gasteiger partial charge on any atom is -0.493 e. The average molecular weight is 289 g/mol. The summed E-state index contributed by atoms with van der Waals surface area (Å²) in [5.41, 5.74) is 1.10. The lowest BCUT2D eigenvalue weighted by atomic mass is 10.1. The molecule has 114 valence electrons. The van der Waals surface area contributed by atoms with Gasteiger partial charge in [-0.1, -0.05) is 12.1 Å². The minimum atomic E-state index is 0.394. The predicted octanol–water partition coefficient (Wildman–Crippen LogP) is 3.41. The lowest BCUT2D eigenvalue weighted by molar-refractivity contribution is 0.349. The predicted molar refractivity (Wildman–Crippen MR) is 82.9 cm³/mol. The van der Waals surface area contributed by atoms with E-state index in [2.05, 4.69) is 12.2 Å². The quantitative estimate of drug-likeness (QED) is 0.809. The second kappa shape index (κ2) is 7.74. The largest absolute Gasteiger partial charge is 0.493 e. The molecule has 21 heavy (non-hydrogen) atoms. The van der Waals surface area contributed by atoms with Crippen molar-refractivity contribution >= 4 is 0 Å². The summed E-state index contributed by atoms with van der Waals surface area (Å²) < 4.78 is 16.1. The number of hydrogen-bond donors (Lipinski definition) is 1. The van der Waals surface area contributed by atoms with Gasteiger partial charge in [-0.3, -0.25) is 0 Å². The second-order valence-corrected chi connectivity index (χ2v) is 5.05. The number of furan rings is 1. The van der Waals surface area contributed by atoms with Gasteiger partial charge in [0.25, 0.3) is 0 Å². The van der Waals surface area contributed by atoms with Gasteiger partial charge < -0.3 is 19.2 Å². The minimum absolute atomic E-state index is 0.394. The molecule has 0 spiro atoms. The standard InChI is InChI=1S/C17H23NO3/c1-13(9-10-15-7-5-11-21-15)18-12-14-6-4-8-16(19-2)17(14)20-3/h4-8,11,13,18H,9-10,12H2,1-3H3. The molecule has 0 aliphatic rings. The van der Waals surface area contributed by atoms with E-state index in [0.29, 0.717) is 6.04 Å². The van der Waals surface area contributed by atoms with Crippen molar-refractivity contribution in [2.45, 2.75) is 32.4 Å². The highest BCUT2D eigenvalue weighted by molar-refractivity contribution is 5.46. The van der Waals surface area contributed by atoms with Crippen LogP contribution in [0.5, 0.6) is 11.5 Å². The fourth-order valence-corrected chi connectivity index (χ4v) is 2.29. The van der Waals surface area contributed by atoms with Gasteiger partial charge in [0, 0.05) is 24.6 Å². The molecule has 4 nitrogen and oxygen atoms in total. The third kappa shape index (κ3) is 4.26. The van der Waals surface area contributed by atoms with Crippen LogP contribution < -0.4 is 14.8 Å². The maximum atomic E-state index is 5.44. The van der Waals surface area contributed by atoms with E-state index < -0.39 is 0 Å². The van der Waals surface area contributed by atoms with Gasteiger partial charge in [-0.15, -0.1) is 0 Å². The molecule has 0 saturated heterocycles. The van der Waals surface area contributed by atoms with Crippen molar-refractivity contribution in [1.82, 2.24) is 5.32 Å². The lowest BCUT2D eigenvalue weighted by Crippen LogP contribution is -2.26. The zero-order valence-electron chi connectivity index (χ0n) is 12.9. The van der Waals surface area contributed by atoms with Gasteiger partial charge in [-0.05, 0) is 31.5 Å². The Morgan fingerprint density at radius 3 is 2.67 bits per heavy atom. The zero-order chi connectivity index (χ0) is 15.1. The monoisotopic (exact) mass is 289 g/mol. The maximum Gasteiger partial charge on any atom is 0.165 e. The summed E-state index contributed by atoms with van der Waals surface area (Å²) in [5, 5.41) is 3.51. The third-order valence-corrected chi connectivity index (χ3v) is 3.53. The highest BCUT2D eigenvalue weighted by Crippen LogP contribution is 2.30. The smallest absolute Gasteiger partial charge is 0.165 e. The molecule has 0 amide bonds. The summed E-state index contributed by atoms with van der Waals surface area (Å²) in [5.74, 6) is 2.59. The molecule has 0 aliphatic heterocycles. The van der Waals surface area contributed by atoms with E-state index in [4.69, 9.17) is 13.9 Å². The molecule has 1 aromatic carbocycles. The van der Waals surface area contributed by atoms with Crippen molar-refractivity contribution in [2.75, 3.05) is 14.2 Å². The van der Waals surface area contributed by atoms with Crippen molar-refractivity contribution in [3.63, 3.8) is 0 Å². The number of ether oxygens (including phenoxy) is 2. The number of rotatable bonds is 8. The topological polar surface area (TPSA) is 43.6 Å². The number of nitrogens with one attached hydrogen (secondary N) is 1. The summed E-state index contributed by atoms with van der Waals surface area (Å²) in [6, 6.07) is 10.3. The molecule has 1 atom stereocenters.